The topological polar surface area (TPSA) is 72.9 Å². The summed E-state index contributed by atoms with van der Waals surface area (Å²) in [5.41, 5.74) is 0. The van der Waals surface area contributed by atoms with Gasteiger partial charge in [-0.15, -0.1) is 11.3 Å². The Labute approximate surface area is 172 Å². The van der Waals surface area contributed by atoms with E-state index in [1.807, 2.05) is 6.20 Å². The Kier molecular flexibility index (Phi) is 8.09. The van der Waals surface area contributed by atoms with Crippen LogP contribution in [0.3, 0.4) is 0 Å². The molecule has 1 aromatic heterocycles. The summed E-state index contributed by atoms with van der Waals surface area (Å²) in [4.78, 5) is 27.3. The summed E-state index contributed by atoms with van der Waals surface area (Å²) >= 11 is 1.69. The Hall–Kier alpha value is -1.67. The lowest BCUT2D eigenvalue weighted by Crippen LogP contribution is -2.51. The number of nitrogens with one attached hydrogen (secondary N) is 2. The smallest absolute Gasteiger partial charge is 0.225 e. The predicted molar refractivity (Wildman–Crippen MR) is 115 cm³/mol. The molecule has 2 fully saturated rings. The fraction of sp³-hybridized carbons (Fsp3) is 0.750. The van der Waals surface area contributed by atoms with Crippen LogP contribution in [0, 0.1) is 12.8 Å². The number of hydrogen-bond acceptors (Lipinski definition) is 5. The molecule has 1 aliphatic carbocycles. The molecule has 0 radical (unpaired) electrons. The summed E-state index contributed by atoms with van der Waals surface area (Å²) in [7, 11) is 0. The van der Waals surface area contributed by atoms with E-state index in [1.54, 1.807) is 11.3 Å². The molecular formula is C20H34N6OS. The van der Waals surface area contributed by atoms with Crippen LogP contribution in [-0.4, -0.2) is 72.5 Å². The van der Waals surface area contributed by atoms with Crippen molar-refractivity contribution in [2.45, 2.75) is 46.1 Å². The van der Waals surface area contributed by atoms with E-state index >= 15 is 0 Å². The van der Waals surface area contributed by atoms with Gasteiger partial charge in [0.15, 0.2) is 5.96 Å². The van der Waals surface area contributed by atoms with Crippen LogP contribution in [0.4, 0.5) is 0 Å². The fourth-order valence-corrected chi connectivity index (χ4v) is 4.63. The lowest BCUT2D eigenvalue weighted by Gasteiger charge is -2.36. The summed E-state index contributed by atoms with van der Waals surface area (Å²) in [5, 5.41) is 7.75. The number of amides is 1. The summed E-state index contributed by atoms with van der Waals surface area (Å²) < 4.78 is 0. The molecule has 3 rings (SSSR count). The molecule has 0 unspecified atom stereocenters. The van der Waals surface area contributed by atoms with E-state index < -0.39 is 0 Å². The number of aromatic nitrogens is 1. The molecule has 2 N–H and O–H groups in total. The number of thiazole rings is 1. The highest BCUT2D eigenvalue weighted by atomic mass is 32.1. The Bertz CT molecular complexity index is 647. The first-order valence-electron chi connectivity index (χ1n) is 10.6. The zero-order valence-electron chi connectivity index (χ0n) is 17.2. The second-order valence-corrected chi connectivity index (χ2v) is 8.95. The summed E-state index contributed by atoms with van der Waals surface area (Å²) in [6.45, 7) is 11.1. The van der Waals surface area contributed by atoms with Crippen molar-refractivity contribution in [3.05, 3.63) is 16.1 Å². The second-order valence-electron chi connectivity index (χ2n) is 7.63. The largest absolute Gasteiger partial charge is 0.357 e. The van der Waals surface area contributed by atoms with E-state index in [9.17, 15) is 4.79 Å². The van der Waals surface area contributed by atoms with Crippen LogP contribution in [0.2, 0.25) is 0 Å². The summed E-state index contributed by atoms with van der Waals surface area (Å²) in [5.74, 6) is 1.54. The first kappa shape index (κ1) is 21.0. The van der Waals surface area contributed by atoms with Crippen molar-refractivity contribution in [1.29, 1.82) is 0 Å². The van der Waals surface area contributed by atoms with E-state index in [4.69, 9.17) is 0 Å². The van der Waals surface area contributed by atoms with Crippen LogP contribution in [0.25, 0.3) is 0 Å². The molecule has 2 aliphatic rings. The Morgan fingerprint density at radius 2 is 2.00 bits per heavy atom. The molecule has 8 heteroatoms. The van der Waals surface area contributed by atoms with Gasteiger partial charge in [-0.1, -0.05) is 12.8 Å². The minimum absolute atomic E-state index is 0.300. The van der Waals surface area contributed by atoms with Crippen molar-refractivity contribution in [2.75, 3.05) is 45.8 Å². The average molecular weight is 407 g/mol. The zero-order valence-corrected chi connectivity index (χ0v) is 18.1. The normalized spacial score (nSPS) is 19.2. The molecule has 7 nitrogen and oxygen atoms in total. The molecule has 0 aromatic carbocycles. The average Bonchev–Trinajstić information content (AvgIpc) is 3.38. The number of rotatable bonds is 7. The van der Waals surface area contributed by atoms with Crippen molar-refractivity contribution in [3.63, 3.8) is 0 Å². The van der Waals surface area contributed by atoms with Crippen LogP contribution < -0.4 is 10.6 Å². The lowest BCUT2D eigenvalue weighted by molar-refractivity contribution is -0.137. The monoisotopic (exact) mass is 406 g/mol. The maximum Gasteiger partial charge on any atom is 0.225 e. The molecular weight excluding hydrogens is 372 g/mol. The summed E-state index contributed by atoms with van der Waals surface area (Å²) in [6, 6.07) is 0. The first-order valence-corrected chi connectivity index (χ1v) is 11.4. The standard InChI is InChI=1S/C20H34N6OS/c1-3-21-20(24-15-18-23-14-16(2)28-18)22-8-9-25-10-12-26(13-11-25)19(27)17-6-4-5-7-17/h14,17H,3-13,15H2,1-2H3,(H2,21,22,24). The van der Waals surface area contributed by atoms with Crippen LogP contribution >= 0.6 is 11.3 Å². The SMILES string of the molecule is CCNC(=NCc1ncc(C)s1)NCCN1CCN(C(=O)C2CCCC2)CC1. The third-order valence-electron chi connectivity index (χ3n) is 5.49. The van der Waals surface area contributed by atoms with Gasteiger partial charge in [0, 0.05) is 62.8 Å². The van der Waals surface area contributed by atoms with Gasteiger partial charge in [0.2, 0.25) is 5.91 Å². The summed E-state index contributed by atoms with van der Waals surface area (Å²) in [6.07, 6.45) is 6.53. The van der Waals surface area contributed by atoms with E-state index in [-0.39, 0.29) is 0 Å². The molecule has 1 saturated carbocycles. The fourth-order valence-electron chi connectivity index (χ4n) is 3.92. The predicted octanol–water partition coefficient (Wildman–Crippen LogP) is 1.84. The highest BCUT2D eigenvalue weighted by molar-refractivity contribution is 7.11. The van der Waals surface area contributed by atoms with Gasteiger partial charge >= 0.3 is 0 Å². The first-order chi connectivity index (χ1) is 13.7. The highest BCUT2D eigenvalue weighted by Crippen LogP contribution is 2.26. The van der Waals surface area contributed by atoms with Gasteiger partial charge in [-0.2, -0.15) is 0 Å². The van der Waals surface area contributed by atoms with Gasteiger partial charge in [0.1, 0.15) is 5.01 Å². The number of carbonyl (C=O) groups is 1. The number of aryl methyl sites for hydroxylation is 1. The van der Waals surface area contributed by atoms with Gasteiger partial charge in [-0.05, 0) is 26.7 Å². The highest BCUT2D eigenvalue weighted by Gasteiger charge is 2.29. The number of nitrogens with zero attached hydrogens (tertiary/aromatic N) is 4. The number of aliphatic imine (C=N–C) groups is 1. The van der Waals surface area contributed by atoms with Gasteiger partial charge in [-0.3, -0.25) is 9.69 Å². The maximum absolute atomic E-state index is 12.5. The van der Waals surface area contributed by atoms with Crippen LogP contribution in [-0.2, 0) is 11.3 Å². The minimum atomic E-state index is 0.300. The molecule has 1 saturated heterocycles. The quantitative estimate of drug-likeness (QED) is 0.534. The van der Waals surface area contributed by atoms with Crippen molar-refractivity contribution >= 4 is 23.2 Å². The Morgan fingerprint density at radius 1 is 1.25 bits per heavy atom. The van der Waals surface area contributed by atoms with Crippen molar-refractivity contribution in [1.82, 2.24) is 25.4 Å². The molecule has 28 heavy (non-hydrogen) atoms. The zero-order chi connectivity index (χ0) is 19.8. The van der Waals surface area contributed by atoms with Crippen LogP contribution in [0.1, 0.15) is 42.5 Å². The van der Waals surface area contributed by atoms with Crippen molar-refractivity contribution in [3.8, 4) is 0 Å². The van der Waals surface area contributed by atoms with E-state index in [0.717, 1.165) is 69.6 Å². The molecule has 0 atom stereocenters. The second kappa shape index (κ2) is 10.8. The van der Waals surface area contributed by atoms with Gasteiger partial charge < -0.3 is 15.5 Å². The maximum atomic E-state index is 12.5. The molecule has 2 heterocycles. The van der Waals surface area contributed by atoms with Gasteiger partial charge in [-0.25, -0.2) is 9.98 Å². The number of hydrogen-bond donors (Lipinski definition) is 2. The minimum Gasteiger partial charge on any atom is -0.357 e. The lowest BCUT2D eigenvalue weighted by atomic mass is 10.1. The van der Waals surface area contributed by atoms with Crippen molar-refractivity contribution < 1.29 is 4.79 Å². The van der Waals surface area contributed by atoms with Crippen LogP contribution in [0.15, 0.2) is 11.2 Å². The molecule has 0 bridgehead atoms. The molecule has 0 spiro atoms. The number of guanidine groups is 1. The van der Waals surface area contributed by atoms with Gasteiger partial charge in [0.05, 0.1) is 6.54 Å². The van der Waals surface area contributed by atoms with E-state index in [1.165, 1.54) is 17.7 Å². The Morgan fingerprint density at radius 3 is 2.64 bits per heavy atom. The Balaban J connectivity index is 1.37. The van der Waals surface area contributed by atoms with E-state index in [2.05, 4.69) is 44.3 Å². The van der Waals surface area contributed by atoms with E-state index in [0.29, 0.717) is 18.4 Å². The number of piperazine rings is 1. The third-order valence-corrected chi connectivity index (χ3v) is 6.39. The molecule has 1 amide bonds. The van der Waals surface area contributed by atoms with Gasteiger partial charge in [0.25, 0.3) is 0 Å². The number of carbonyl (C=O) groups excluding carboxylic acids is 1. The van der Waals surface area contributed by atoms with Crippen LogP contribution in [0.5, 0.6) is 0 Å². The third kappa shape index (κ3) is 6.17. The molecule has 1 aromatic rings. The molecule has 156 valence electrons. The molecule has 1 aliphatic heterocycles. The van der Waals surface area contributed by atoms with Crippen molar-refractivity contribution in [2.24, 2.45) is 10.9 Å².